The molecule has 0 nitrogen and oxygen atoms in total. The first-order valence-corrected chi connectivity index (χ1v) is 3.62. The van der Waals surface area contributed by atoms with Gasteiger partial charge in [0.2, 0.25) is 0 Å². The van der Waals surface area contributed by atoms with Crippen molar-refractivity contribution in [3.05, 3.63) is 0 Å². The molecular formula is C9H16. The van der Waals surface area contributed by atoms with Crippen LogP contribution >= 0.6 is 0 Å². The molecule has 0 unspecified atom stereocenters. The Kier molecular flexibility index (Phi) is 0.339. The second-order valence-electron chi connectivity index (χ2n) is 3.74. The normalized spacial score (nSPS) is 69.3. The highest BCUT2D eigenvalue weighted by Gasteiger charge is 2.48. The Labute approximate surface area is 66.1 Å². The summed E-state index contributed by atoms with van der Waals surface area (Å²) >= 11 is 0. The van der Waals surface area contributed by atoms with Crippen molar-refractivity contribution >= 4 is 0 Å². The number of hydrogen-bond acceptors (Lipinski definition) is 0. The van der Waals surface area contributed by atoms with Crippen LogP contribution in [0, 0.1) is 10.8 Å². The van der Waals surface area contributed by atoms with Crippen molar-refractivity contribution in [2.75, 3.05) is 0 Å². The van der Waals surface area contributed by atoms with Crippen LogP contribution in [0.25, 0.3) is 0 Å². The second kappa shape index (κ2) is 1.36. The molecule has 2 aliphatic carbocycles. The summed E-state index contributed by atoms with van der Waals surface area (Å²) < 4.78 is 45.3. The van der Waals surface area contributed by atoms with E-state index in [1.165, 1.54) is 0 Å². The topological polar surface area (TPSA) is 0 Å². The van der Waals surface area contributed by atoms with Crippen LogP contribution in [0.15, 0.2) is 0 Å². The zero-order valence-corrected chi connectivity index (χ0v) is 5.54. The van der Waals surface area contributed by atoms with Crippen LogP contribution in [0.5, 0.6) is 0 Å². The van der Waals surface area contributed by atoms with E-state index in [0.29, 0.717) is 32.1 Å². The third kappa shape index (κ3) is 0.720. The third-order valence-corrected chi connectivity index (χ3v) is 2.84. The average Bonchev–Trinajstić information content (AvgIpc) is 2.57. The van der Waals surface area contributed by atoms with Crippen LogP contribution in [0.4, 0.5) is 0 Å². The molecule has 2 rings (SSSR count). The van der Waals surface area contributed by atoms with Gasteiger partial charge in [-0.3, -0.25) is 0 Å². The Hall–Kier alpha value is 0. The zero-order valence-electron chi connectivity index (χ0n) is 11.5. The predicted octanol–water partition coefficient (Wildman–Crippen LogP) is 2.98. The van der Waals surface area contributed by atoms with Gasteiger partial charge in [0.1, 0.15) is 0 Å². The summed E-state index contributed by atoms with van der Waals surface area (Å²) in [6.45, 7) is -3.98. The lowest BCUT2D eigenvalue weighted by molar-refractivity contribution is 0.308. The molecule has 0 heteroatoms. The summed E-state index contributed by atoms with van der Waals surface area (Å²) in [5.74, 6) is 0. The van der Waals surface area contributed by atoms with E-state index in [4.69, 9.17) is 8.22 Å². The standard InChI is InChI=1S/C9H16/c1-8-3-5-9(2,7-8)6-4-8/h3-7H2,1-2H3/i1D3,2D3. The highest BCUT2D eigenvalue weighted by Crippen LogP contribution is 2.60. The summed E-state index contributed by atoms with van der Waals surface area (Å²) in [6, 6.07) is 0. The van der Waals surface area contributed by atoms with Crippen LogP contribution in [-0.4, -0.2) is 0 Å². The van der Waals surface area contributed by atoms with Crippen molar-refractivity contribution in [3.63, 3.8) is 0 Å². The Morgan fingerprint density at radius 2 is 1.44 bits per heavy atom. The summed E-state index contributed by atoms with van der Waals surface area (Å²) in [7, 11) is 0. The Balaban J connectivity index is 2.29. The molecule has 9 heavy (non-hydrogen) atoms. The van der Waals surface area contributed by atoms with Crippen LogP contribution < -0.4 is 0 Å². The van der Waals surface area contributed by atoms with Gasteiger partial charge in [-0.2, -0.15) is 0 Å². The fourth-order valence-corrected chi connectivity index (χ4v) is 2.21. The molecule has 0 heterocycles. The first kappa shape index (κ1) is 2.25. The fraction of sp³-hybridized carbons (Fsp3) is 1.00. The second-order valence-corrected chi connectivity index (χ2v) is 3.74. The molecule has 2 fully saturated rings. The lowest BCUT2D eigenvalue weighted by Crippen LogP contribution is -2.08. The van der Waals surface area contributed by atoms with Crippen molar-refractivity contribution < 1.29 is 8.22 Å². The maximum atomic E-state index is 7.54. The number of fused-ring (bicyclic) bond motifs is 2. The summed E-state index contributed by atoms with van der Waals surface area (Å²) in [5.41, 5.74) is -1.39. The van der Waals surface area contributed by atoms with E-state index in [2.05, 4.69) is 0 Å². The van der Waals surface area contributed by atoms with Gasteiger partial charge in [0.25, 0.3) is 0 Å². The average molecular weight is 130 g/mol. The molecular weight excluding hydrogens is 108 g/mol. The van der Waals surface area contributed by atoms with E-state index >= 15 is 0 Å². The minimum atomic E-state index is -1.99. The smallest absolute Gasteiger partial charge is 0.0236 e. The molecule has 52 valence electrons. The summed E-state index contributed by atoms with van der Waals surface area (Å²) in [6.07, 6.45) is 2.60. The van der Waals surface area contributed by atoms with E-state index < -0.39 is 24.5 Å². The lowest BCUT2D eigenvalue weighted by atomic mass is 9.84. The Bertz CT molecular complexity index is 237. The maximum absolute atomic E-state index is 7.54. The van der Waals surface area contributed by atoms with Crippen molar-refractivity contribution in [1.29, 1.82) is 0 Å². The van der Waals surface area contributed by atoms with E-state index in [-0.39, 0.29) is 0 Å². The third-order valence-electron chi connectivity index (χ3n) is 2.84. The Morgan fingerprint density at radius 3 is 1.67 bits per heavy atom. The van der Waals surface area contributed by atoms with Crippen molar-refractivity contribution in [2.45, 2.75) is 45.8 Å². The highest BCUT2D eigenvalue weighted by molar-refractivity contribution is 4.99. The minimum Gasteiger partial charge on any atom is -0.0596 e. The van der Waals surface area contributed by atoms with Gasteiger partial charge in [-0.15, -0.1) is 0 Å². The summed E-state index contributed by atoms with van der Waals surface area (Å²) in [4.78, 5) is 0. The molecule has 0 aromatic carbocycles. The Morgan fingerprint density at radius 1 is 1.00 bits per heavy atom. The van der Waals surface area contributed by atoms with E-state index in [1.54, 1.807) is 0 Å². The SMILES string of the molecule is [2H]C([2H])([2H])C12CCC(C([2H])([2H])[2H])(CC1)C2. The minimum absolute atomic E-state index is 0.368. The molecule has 0 saturated heterocycles. The van der Waals surface area contributed by atoms with Gasteiger partial charge < -0.3 is 0 Å². The molecule has 0 aromatic rings. The van der Waals surface area contributed by atoms with Gasteiger partial charge in [-0.1, -0.05) is 13.7 Å². The maximum Gasteiger partial charge on any atom is 0.0236 e. The van der Waals surface area contributed by atoms with Crippen LogP contribution in [0.1, 0.15) is 54.0 Å². The monoisotopic (exact) mass is 130 g/mol. The predicted molar refractivity (Wildman–Crippen MR) is 39.3 cm³/mol. The largest absolute Gasteiger partial charge is 0.0596 e. The van der Waals surface area contributed by atoms with E-state index in [1.807, 2.05) is 0 Å². The first-order valence-electron chi connectivity index (χ1n) is 6.62. The molecule has 0 radical (unpaired) electrons. The molecule has 0 N–H and O–H groups in total. The van der Waals surface area contributed by atoms with Crippen molar-refractivity contribution in [2.24, 2.45) is 10.8 Å². The summed E-state index contributed by atoms with van der Waals surface area (Å²) in [5, 5.41) is 0. The van der Waals surface area contributed by atoms with Crippen LogP contribution in [0.2, 0.25) is 0 Å². The van der Waals surface area contributed by atoms with Gasteiger partial charge in [-0.25, -0.2) is 0 Å². The van der Waals surface area contributed by atoms with Crippen LogP contribution in [0.3, 0.4) is 0 Å². The fourth-order valence-electron chi connectivity index (χ4n) is 2.21. The van der Waals surface area contributed by atoms with Crippen LogP contribution in [-0.2, 0) is 0 Å². The number of hydrogen-bond donors (Lipinski definition) is 0. The lowest BCUT2D eigenvalue weighted by Gasteiger charge is -2.21. The van der Waals surface area contributed by atoms with Gasteiger partial charge in [0, 0.05) is 8.22 Å². The highest BCUT2D eigenvalue weighted by atomic mass is 14.5. The quantitative estimate of drug-likeness (QED) is 0.473. The molecule has 0 aromatic heterocycles. The molecule has 0 atom stereocenters. The van der Waals surface area contributed by atoms with Crippen molar-refractivity contribution in [3.8, 4) is 0 Å². The zero-order chi connectivity index (χ0) is 11.5. The first-order chi connectivity index (χ1) is 6.62. The molecule has 2 aliphatic rings. The van der Waals surface area contributed by atoms with Gasteiger partial charge in [-0.05, 0) is 42.9 Å². The van der Waals surface area contributed by atoms with Crippen molar-refractivity contribution in [1.82, 2.24) is 0 Å². The molecule has 2 saturated carbocycles. The van der Waals surface area contributed by atoms with E-state index in [0.717, 1.165) is 0 Å². The molecule has 0 spiro atoms. The molecule has 0 amide bonds. The van der Waals surface area contributed by atoms with Gasteiger partial charge >= 0.3 is 0 Å². The van der Waals surface area contributed by atoms with Gasteiger partial charge in [0.15, 0.2) is 0 Å². The molecule has 0 aliphatic heterocycles. The molecule has 2 bridgehead atoms. The number of rotatable bonds is 0. The van der Waals surface area contributed by atoms with Gasteiger partial charge in [0.05, 0.1) is 0 Å². The van der Waals surface area contributed by atoms with E-state index in [9.17, 15) is 0 Å².